The van der Waals surface area contributed by atoms with E-state index < -0.39 is 11.6 Å². The van der Waals surface area contributed by atoms with Gasteiger partial charge in [-0.15, -0.1) is 0 Å². The average Bonchev–Trinajstić information content (AvgIpc) is 2.35. The van der Waals surface area contributed by atoms with Crippen molar-refractivity contribution in [3.8, 4) is 0 Å². The number of nitrogens with zero attached hydrogens (tertiary/aromatic N) is 1. The van der Waals surface area contributed by atoms with E-state index in [2.05, 4.69) is 19.2 Å². The van der Waals surface area contributed by atoms with Gasteiger partial charge in [-0.2, -0.15) is 0 Å². The fraction of sp³-hybridized carbons (Fsp3) is 0.867. The number of hydrogen-bond acceptors (Lipinski definition) is 3. The zero-order valence-electron chi connectivity index (χ0n) is 13.1. The number of carboxylic acids is 1. The van der Waals surface area contributed by atoms with Crippen LogP contribution in [0, 0.1) is 5.41 Å². The molecule has 1 aliphatic carbocycles. The summed E-state index contributed by atoms with van der Waals surface area (Å²) in [6.07, 6.45) is 4.55. The summed E-state index contributed by atoms with van der Waals surface area (Å²) >= 11 is 0. The smallest absolute Gasteiger partial charge is 0.329 e. The number of hydrogen-bond donors (Lipinski definition) is 2. The van der Waals surface area contributed by atoms with Crippen molar-refractivity contribution in [2.75, 3.05) is 19.7 Å². The van der Waals surface area contributed by atoms with Gasteiger partial charge in [-0.3, -0.25) is 0 Å². The normalized spacial score (nSPS) is 26.8. The minimum atomic E-state index is -0.983. The molecule has 1 heterocycles. The lowest BCUT2D eigenvalue weighted by Crippen LogP contribution is -2.66. The van der Waals surface area contributed by atoms with Crippen LogP contribution < -0.4 is 5.32 Å². The Bertz CT molecular complexity index is 416. The molecule has 0 aromatic carbocycles. The predicted molar refractivity (Wildman–Crippen MR) is 78.1 cm³/mol. The zero-order chi connectivity index (χ0) is 15.7. The Labute approximate surface area is 125 Å². The molecule has 1 atom stereocenters. The molecule has 0 aromatic rings. The minimum absolute atomic E-state index is 0.0635. The van der Waals surface area contributed by atoms with Gasteiger partial charge in [0.1, 0.15) is 12.2 Å². The molecular formula is C15H26N2O4. The first-order valence-electron chi connectivity index (χ1n) is 7.63. The highest BCUT2D eigenvalue weighted by molar-refractivity contribution is 5.76. The Morgan fingerprint density at radius 2 is 1.95 bits per heavy atom. The zero-order valence-corrected chi connectivity index (χ0v) is 13.1. The Morgan fingerprint density at radius 3 is 2.52 bits per heavy atom. The molecule has 1 saturated carbocycles. The average molecular weight is 298 g/mol. The molecule has 2 aliphatic rings. The SMILES string of the molecule is CC1(OCC(=O)O)CN(C(=O)NC2CCCCC2(C)C)C1. The summed E-state index contributed by atoms with van der Waals surface area (Å²) < 4.78 is 5.32. The predicted octanol–water partition coefficient (Wildman–Crippen LogP) is 1.84. The maximum atomic E-state index is 12.3. The molecule has 1 aliphatic heterocycles. The molecule has 0 bridgehead atoms. The summed E-state index contributed by atoms with van der Waals surface area (Å²) in [6.45, 7) is 6.81. The van der Waals surface area contributed by atoms with Crippen LogP contribution in [-0.2, 0) is 9.53 Å². The quantitative estimate of drug-likeness (QED) is 0.830. The molecule has 1 unspecified atom stereocenters. The molecule has 6 nitrogen and oxygen atoms in total. The van der Waals surface area contributed by atoms with Crippen molar-refractivity contribution in [2.24, 2.45) is 5.41 Å². The summed E-state index contributed by atoms with van der Waals surface area (Å²) in [4.78, 5) is 24.5. The van der Waals surface area contributed by atoms with Crippen molar-refractivity contribution in [1.29, 1.82) is 0 Å². The number of rotatable bonds is 4. The van der Waals surface area contributed by atoms with E-state index >= 15 is 0 Å². The van der Waals surface area contributed by atoms with Crippen LogP contribution in [0.1, 0.15) is 46.5 Å². The number of amides is 2. The van der Waals surface area contributed by atoms with Crippen molar-refractivity contribution >= 4 is 12.0 Å². The number of ether oxygens (including phenoxy) is 1. The molecular weight excluding hydrogens is 272 g/mol. The number of carbonyl (C=O) groups is 2. The number of carbonyl (C=O) groups excluding carboxylic acids is 1. The van der Waals surface area contributed by atoms with Crippen LogP contribution in [0.25, 0.3) is 0 Å². The highest BCUT2D eigenvalue weighted by atomic mass is 16.5. The second-order valence-corrected chi connectivity index (χ2v) is 7.22. The van der Waals surface area contributed by atoms with E-state index in [9.17, 15) is 9.59 Å². The maximum Gasteiger partial charge on any atom is 0.329 e. The van der Waals surface area contributed by atoms with Gasteiger partial charge < -0.3 is 20.1 Å². The highest BCUT2D eigenvalue weighted by Crippen LogP contribution is 2.35. The minimum Gasteiger partial charge on any atom is -0.480 e. The van der Waals surface area contributed by atoms with E-state index in [1.54, 1.807) is 4.90 Å². The molecule has 21 heavy (non-hydrogen) atoms. The van der Waals surface area contributed by atoms with Crippen LogP contribution in [0.15, 0.2) is 0 Å². The third-order valence-corrected chi connectivity index (χ3v) is 4.69. The van der Waals surface area contributed by atoms with Gasteiger partial charge in [0.05, 0.1) is 13.1 Å². The third kappa shape index (κ3) is 3.87. The molecule has 0 radical (unpaired) electrons. The first-order chi connectivity index (χ1) is 9.72. The van der Waals surface area contributed by atoms with Crippen molar-refractivity contribution < 1.29 is 19.4 Å². The van der Waals surface area contributed by atoms with Crippen LogP contribution in [0.2, 0.25) is 0 Å². The third-order valence-electron chi connectivity index (χ3n) is 4.69. The molecule has 1 saturated heterocycles. The van der Waals surface area contributed by atoms with E-state index in [-0.39, 0.29) is 24.1 Å². The van der Waals surface area contributed by atoms with Crippen LogP contribution in [-0.4, -0.2) is 53.3 Å². The van der Waals surface area contributed by atoms with Gasteiger partial charge in [0.2, 0.25) is 0 Å². The van der Waals surface area contributed by atoms with Crippen LogP contribution >= 0.6 is 0 Å². The van der Waals surface area contributed by atoms with Gasteiger partial charge in [-0.25, -0.2) is 9.59 Å². The summed E-state index contributed by atoms with van der Waals surface area (Å²) in [5.74, 6) is -0.983. The fourth-order valence-corrected chi connectivity index (χ4v) is 3.23. The number of urea groups is 1. The van der Waals surface area contributed by atoms with E-state index in [4.69, 9.17) is 9.84 Å². The Balaban J connectivity index is 1.79. The molecule has 120 valence electrons. The van der Waals surface area contributed by atoms with Crippen molar-refractivity contribution in [3.63, 3.8) is 0 Å². The maximum absolute atomic E-state index is 12.3. The highest BCUT2D eigenvalue weighted by Gasteiger charge is 2.44. The Hall–Kier alpha value is -1.30. The molecule has 6 heteroatoms. The van der Waals surface area contributed by atoms with E-state index in [1.807, 2.05) is 6.92 Å². The van der Waals surface area contributed by atoms with E-state index in [1.165, 1.54) is 6.42 Å². The van der Waals surface area contributed by atoms with Gasteiger partial charge in [-0.05, 0) is 25.2 Å². The first kappa shape index (κ1) is 16.1. The number of aliphatic carboxylic acids is 1. The molecule has 2 rings (SSSR count). The van der Waals surface area contributed by atoms with Crippen LogP contribution in [0.3, 0.4) is 0 Å². The number of nitrogens with one attached hydrogen (secondary N) is 1. The van der Waals surface area contributed by atoms with Gasteiger partial charge in [0.15, 0.2) is 0 Å². The van der Waals surface area contributed by atoms with E-state index in [0.29, 0.717) is 13.1 Å². The van der Waals surface area contributed by atoms with Crippen LogP contribution in [0.5, 0.6) is 0 Å². The second kappa shape index (κ2) is 5.83. The fourth-order valence-electron chi connectivity index (χ4n) is 3.23. The van der Waals surface area contributed by atoms with E-state index in [0.717, 1.165) is 19.3 Å². The Morgan fingerprint density at radius 1 is 1.29 bits per heavy atom. The molecule has 2 N–H and O–H groups in total. The first-order valence-corrected chi connectivity index (χ1v) is 7.63. The topological polar surface area (TPSA) is 78.9 Å². The van der Waals surface area contributed by atoms with Gasteiger partial charge >= 0.3 is 12.0 Å². The van der Waals surface area contributed by atoms with Gasteiger partial charge in [0.25, 0.3) is 0 Å². The lowest BCUT2D eigenvalue weighted by atomic mass is 9.73. The summed E-state index contributed by atoms with van der Waals surface area (Å²) in [6, 6.07) is 0.150. The molecule has 0 spiro atoms. The van der Waals surface area contributed by atoms with Crippen molar-refractivity contribution in [2.45, 2.75) is 58.1 Å². The van der Waals surface area contributed by atoms with Crippen molar-refractivity contribution in [3.05, 3.63) is 0 Å². The molecule has 0 aromatic heterocycles. The molecule has 2 fully saturated rings. The van der Waals surface area contributed by atoms with Gasteiger partial charge in [-0.1, -0.05) is 26.7 Å². The summed E-state index contributed by atoms with van der Waals surface area (Å²) in [5, 5.41) is 11.8. The van der Waals surface area contributed by atoms with Crippen LogP contribution in [0.4, 0.5) is 4.79 Å². The van der Waals surface area contributed by atoms with Crippen molar-refractivity contribution in [1.82, 2.24) is 10.2 Å². The summed E-state index contributed by atoms with van der Waals surface area (Å²) in [5.41, 5.74) is -0.389. The second-order valence-electron chi connectivity index (χ2n) is 7.22. The standard InChI is InChI=1S/C15H26N2O4/c1-14(2)7-5-4-6-11(14)16-13(20)17-9-15(3,10-17)21-8-12(18)19/h11H,4-10H2,1-3H3,(H,16,20)(H,18,19). The number of carboxylic acid groups (broad SMARTS) is 1. The Kier molecular flexibility index (Phi) is 4.46. The monoisotopic (exact) mass is 298 g/mol. The number of likely N-dealkylation sites (tertiary alicyclic amines) is 1. The van der Waals surface area contributed by atoms with Gasteiger partial charge in [0, 0.05) is 6.04 Å². The lowest BCUT2D eigenvalue weighted by molar-refractivity contribution is -0.159. The molecule has 2 amide bonds. The largest absolute Gasteiger partial charge is 0.480 e. The lowest BCUT2D eigenvalue weighted by Gasteiger charge is -2.48. The summed E-state index contributed by atoms with van der Waals surface area (Å²) in [7, 11) is 0.